The molecule has 0 spiro atoms. The minimum absolute atomic E-state index is 0.196. The monoisotopic (exact) mass is 402 g/mol. The molecular formula is C23H22N4O3. The van der Waals surface area contributed by atoms with Gasteiger partial charge >= 0.3 is 5.97 Å². The summed E-state index contributed by atoms with van der Waals surface area (Å²) in [5, 5.41) is 0. The van der Waals surface area contributed by atoms with E-state index in [0.29, 0.717) is 37.7 Å². The van der Waals surface area contributed by atoms with Crippen molar-refractivity contribution in [2.75, 3.05) is 37.7 Å². The van der Waals surface area contributed by atoms with E-state index in [9.17, 15) is 9.59 Å². The third kappa shape index (κ3) is 4.63. The van der Waals surface area contributed by atoms with E-state index in [1.54, 1.807) is 35.5 Å². The lowest BCUT2D eigenvalue weighted by Gasteiger charge is -2.34. The van der Waals surface area contributed by atoms with Gasteiger partial charge in [-0.3, -0.25) is 4.79 Å². The van der Waals surface area contributed by atoms with Crippen molar-refractivity contribution in [3.8, 4) is 11.1 Å². The molecule has 7 heteroatoms. The molecule has 7 nitrogen and oxygen atoms in total. The molecule has 1 aliphatic rings. The SMILES string of the molecule is O=C(OCC(=O)N1CCN(c2ncccn2)CC1)c1ccc(-c2ccccc2)cc1. The number of hydrogen-bond acceptors (Lipinski definition) is 6. The Morgan fingerprint density at radius 1 is 0.800 bits per heavy atom. The summed E-state index contributed by atoms with van der Waals surface area (Å²) in [5.41, 5.74) is 2.52. The zero-order valence-electron chi connectivity index (χ0n) is 16.5. The summed E-state index contributed by atoms with van der Waals surface area (Å²) >= 11 is 0. The molecule has 1 aliphatic heterocycles. The van der Waals surface area contributed by atoms with Crippen LogP contribution in [0.5, 0.6) is 0 Å². The summed E-state index contributed by atoms with van der Waals surface area (Å²) in [5.74, 6) is -0.0351. The van der Waals surface area contributed by atoms with Crippen LogP contribution in [0.1, 0.15) is 10.4 Å². The van der Waals surface area contributed by atoms with Gasteiger partial charge < -0.3 is 14.5 Å². The Balaban J connectivity index is 1.26. The van der Waals surface area contributed by atoms with Gasteiger partial charge in [0.25, 0.3) is 5.91 Å². The smallest absolute Gasteiger partial charge is 0.338 e. The lowest BCUT2D eigenvalue weighted by Crippen LogP contribution is -2.50. The lowest BCUT2D eigenvalue weighted by atomic mass is 10.0. The first-order chi connectivity index (χ1) is 14.7. The van der Waals surface area contributed by atoms with Gasteiger partial charge in [-0.2, -0.15) is 0 Å². The van der Waals surface area contributed by atoms with E-state index in [2.05, 4.69) is 9.97 Å². The maximum atomic E-state index is 12.4. The Hall–Kier alpha value is -3.74. The van der Waals surface area contributed by atoms with Crippen LogP contribution >= 0.6 is 0 Å². The molecule has 1 amide bonds. The number of hydrogen-bond donors (Lipinski definition) is 0. The molecule has 30 heavy (non-hydrogen) atoms. The van der Waals surface area contributed by atoms with Gasteiger partial charge in [0.15, 0.2) is 6.61 Å². The number of piperazine rings is 1. The molecule has 152 valence electrons. The maximum Gasteiger partial charge on any atom is 0.338 e. The van der Waals surface area contributed by atoms with E-state index in [1.807, 2.05) is 47.4 Å². The summed E-state index contributed by atoms with van der Waals surface area (Å²) in [4.78, 5) is 36.9. The quantitative estimate of drug-likeness (QED) is 0.611. The molecule has 0 saturated carbocycles. The van der Waals surface area contributed by atoms with Gasteiger partial charge in [0.05, 0.1) is 5.56 Å². The van der Waals surface area contributed by atoms with Crippen LogP contribution in [0.15, 0.2) is 73.1 Å². The molecule has 1 saturated heterocycles. The Morgan fingerprint density at radius 3 is 2.10 bits per heavy atom. The Labute approximate surface area is 174 Å². The second-order valence-corrected chi connectivity index (χ2v) is 6.94. The van der Waals surface area contributed by atoms with Crippen molar-refractivity contribution in [3.63, 3.8) is 0 Å². The van der Waals surface area contributed by atoms with Gasteiger partial charge in [-0.1, -0.05) is 42.5 Å². The second kappa shape index (κ2) is 9.17. The number of ether oxygens (including phenoxy) is 1. The molecule has 0 N–H and O–H groups in total. The highest BCUT2D eigenvalue weighted by atomic mass is 16.5. The molecule has 2 aromatic carbocycles. The molecular weight excluding hydrogens is 380 g/mol. The number of esters is 1. The van der Waals surface area contributed by atoms with Crippen molar-refractivity contribution in [1.82, 2.24) is 14.9 Å². The molecule has 1 fully saturated rings. The topological polar surface area (TPSA) is 75.6 Å². The number of anilines is 1. The van der Waals surface area contributed by atoms with Gasteiger partial charge in [-0.15, -0.1) is 0 Å². The van der Waals surface area contributed by atoms with E-state index in [0.717, 1.165) is 11.1 Å². The van der Waals surface area contributed by atoms with Crippen LogP contribution in [-0.4, -0.2) is 59.5 Å². The van der Waals surface area contributed by atoms with Crippen LogP contribution < -0.4 is 4.90 Å². The predicted molar refractivity (Wildman–Crippen MR) is 113 cm³/mol. The molecule has 4 rings (SSSR count). The Bertz CT molecular complexity index is 986. The molecule has 0 radical (unpaired) electrons. The maximum absolute atomic E-state index is 12.4. The largest absolute Gasteiger partial charge is 0.452 e. The first-order valence-corrected chi connectivity index (χ1v) is 9.83. The van der Waals surface area contributed by atoms with E-state index in [1.165, 1.54) is 0 Å². The van der Waals surface area contributed by atoms with Crippen molar-refractivity contribution < 1.29 is 14.3 Å². The van der Waals surface area contributed by atoms with E-state index < -0.39 is 5.97 Å². The second-order valence-electron chi connectivity index (χ2n) is 6.94. The van der Waals surface area contributed by atoms with Crippen molar-refractivity contribution in [1.29, 1.82) is 0 Å². The summed E-state index contributed by atoms with van der Waals surface area (Å²) < 4.78 is 5.23. The highest BCUT2D eigenvalue weighted by molar-refractivity contribution is 5.92. The van der Waals surface area contributed by atoms with Crippen LogP contribution in [0.3, 0.4) is 0 Å². The normalized spacial score (nSPS) is 13.7. The van der Waals surface area contributed by atoms with E-state index >= 15 is 0 Å². The highest BCUT2D eigenvalue weighted by Gasteiger charge is 2.23. The van der Waals surface area contributed by atoms with Crippen LogP contribution in [0.2, 0.25) is 0 Å². The average molecular weight is 402 g/mol. The van der Waals surface area contributed by atoms with Gasteiger partial charge in [-0.25, -0.2) is 14.8 Å². The highest BCUT2D eigenvalue weighted by Crippen LogP contribution is 2.19. The summed E-state index contributed by atoms with van der Waals surface area (Å²) in [6.45, 7) is 2.11. The van der Waals surface area contributed by atoms with Crippen molar-refractivity contribution in [3.05, 3.63) is 78.6 Å². The minimum Gasteiger partial charge on any atom is -0.452 e. The van der Waals surface area contributed by atoms with Crippen LogP contribution in [0.4, 0.5) is 5.95 Å². The zero-order chi connectivity index (χ0) is 20.8. The van der Waals surface area contributed by atoms with Crippen LogP contribution in [0.25, 0.3) is 11.1 Å². The summed E-state index contributed by atoms with van der Waals surface area (Å²) in [6, 6.07) is 18.9. The fourth-order valence-corrected chi connectivity index (χ4v) is 3.34. The standard InChI is InChI=1S/C23H22N4O3/c28-21(26-13-15-27(16-14-26)23-24-11-4-12-25-23)17-30-22(29)20-9-7-19(8-10-20)18-5-2-1-3-6-18/h1-12H,13-17H2. The van der Waals surface area contributed by atoms with Crippen LogP contribution in [0, 0.1) is 0 Å². The van der Waals surface area contributed by atoms with Crippen molar-refractivity contribution >= 4 is 17.8 Å². The summed E-state index contributed by atoms with van der Waals surface area (Å²) in [6.07, 6.45) is 3.40. The predicted octanol–water partition coefficient (Wildman–Crippen LogP) is 2.65. The first-order valence-electron chi connectivity index (χ1n) is 9.83. The fraction of sp³-hybridized carbons (Fsp3) is 0.217. The van der Waals surface area contributed by atoms with Crippen molar-refractivity contribution in [2.24, 2.45) is 0 Å². The van der Waals surface area contributed by atoms with Gasteiger partial charge in [-0.05, 0) is 29.3 Å². The fourth-order valence-electron chi connectivity index (χ4n) is 3.34. The number of aromatic nitrogens is 2. The number of rotatable bonds is 5. The van der Waals surface area contributed by atoms with E-state index in [-0.39, 0.29) is 12.5 Å². The summed E-state index contributed by atoms with van der Waals surface area (Å²) in [7, 11) is 0. The third-order valence-electron chi connectivity index (χ3n) is 5.02. The minimum atomic E-state index is -0.501. The number of benzene rings is 2. The zero-order valence-corrected chi connectivity index (χ0v) is 16.5. The Kier molecular flexibility index (Phi) is 5.98. The van der Waals surface area contributed by atoms with Crippen molar-refractivity contribution in [2.45, 2.75) is 0 Å². The average Bonchev–Trinajstić information content (AvgIpc) is 2.83. The van der Waals surface area contributed by atoms with Gasteiger partial charge in [0.2, 0.25) is 5.95 Å². The molecule has 3 aromatic rings. The molecule has 0 bridgehead atoms. The third-order valence-corrected chi connectivity index (χ3v) is 5.02. The lowest BCUT2D eigenvalue weighted by molar-refractivity contribution is -0.134. The Morgan fingerprint density at radius 2 is 1.43 bits per heavy atom. The molecule has 0 atom stereocenters. The molecule has 1 aromatic heterocycles. The first kappa shape index (κ1) is 19.6. The van der Waals surface area contributed by atoms with Gasteiger partial charge in [0, 0.05) is 38.6 Å². The molecule has 0 unspecified atom stereocenters. The van der Waals surface area contributed by atoms with E-state index in [4.69, 9.17) is 4.74 Å². The number of amides is 1. The number of carbonyl (C=O) groups is 2. The van der Waals surface area contributed by atoms with Gasteiger partial charge in [0.1, 0.15) is 0 Å². The number of carbonyl (C=O) groups excluding carboxylic acids is 2. The number of nitrogens with zero attached hydrogens (tertiary/aromatic N) is 4. The molecule has 2 heterocycles. The van der Waals surface area contributed by atoms with Crippen LogP contribution in [-0.2, 0) is 9.53 Å². The molecule has 0 aliphatic carbocycles.